The molecule has 1 aromatic heterocycles. The fraction of sp³-hybridized carbons (Fsp3) is 0.286. The number of aryl methyl sites for hydroxylation is 1. The van der Waals surface area contributed by atoms with E-state index in [1.54, 1.807) is 17.1 Å². The van der Waals surface area contributed by atoms with Crippen LogP contribution in [0.15, 0.2) is 36.8 Å². The quantitative estimate of drug-likeness (QED) is 0.901. The van der Waals surface area contributed by atoms with Crippen molar-refractivity contribution in [2.24, 2.45) is 7.05 Å². The molecule has 1 N–H and O–H groups in total. The average molecular weight is 243 g/mol. The van der Waals surface area contributed by atoms with Gasteiger partial charge in [0.05, 0.1) is 6.33 Å². The Hall–Kier alpha value is -2.10. The summed E-state index contributed by atoms with van der Waals surface area (Å²) >= 11 is 0. The van der Waals surface area contributed by atoms with Gasteiger partial charge in [-0.05, 0) is 23.6 Å². The number of hydrogen-bond donors (Lipinski definition) is 1. The molecule has 0 radical (unpaired) electrons. The number of carbonyl (C=O) groups excluding carboxylic acids is 1. The van der Waals surface area contributed by atoms with E-state index < -0.39 is 0 Å². The van der Waals surface area contributed by atoms with Crippen molar-refractivity contribution >= 4 is 11.7 Å². The summed E-state index contributed by atoms with van der Waals surface area (Å²) < 4.78 is 1.79. The van der Waals surface area contributed by atoms with Gasteiger partial charge in [0.1, 0.15) is 0 Å². The van der Waals surface area contributed by atoms with E-state index in [1.807, 2.05) is 31.3 Å². The highest BCUT2D eigenvalue weighted by Gasteiger charge is 2.09. The maximum atomic E-state index is 12.0. The van der Waals surface area contributed by atoms with Crippen molar-refractivity contribution in [2.75, 3.05) is 5.32 Å². The second-order valence-electron chi connectivity index (χ2n) is 4.66. The molecule has 4 nitrogen and oxygen atoms in total. The molecule has 0 atom stereocenters. The molecule has 1 heterocycles. The number of nitrogens with one attached hydrogen (secondary N) is 1. The molecular formula is C14H17N3O. The molecule has 0 aliphatic rings. The van der Waals surface area contributed by atoms with Crippen molar-refractivity contribution in [3.8, 4) is 0 Å². The Bertz CT molecular complexity index is 558. The summed E-state index contributed by atoms with van der Waals surface area (Å²) in [4.78, 5) is 16.1. The molecule has 0 saturated heterocycles. The largest absolute Gasteiger partial charge is 0.338 e. The van der Waals surface area contributed by atoms with E-state index in [0.29, 0.717) is 17.3 Å². The molecule has 2 aromatic rings. The third kappa shape index (κ3) is 2.77. The number of amides is 1. The Morgan fingerprint density at radius 3 is 2.78 bits per heavy atom. The van der Waals surface area contributed by atoms with Crippen LogP contribution in [0.3, 0.4) is 0 Å². The van der Waals surface area contributed by atoms with Crippen molar-refractivity contribution < 1.29 is 4.79 Å². The third-order valence-corrected chi connectivity index (χ3v) is 2.76. The predicted octanol–water partition coefficient (Wildman–Crippen LogP) is 2.80. The summed E-state index contributed by atoms with van der Waals surface area (Å²) in [5.74, 6) is 0.848. The molecule has 0 unspecified atom stereocenters. The van der Waals surface area contributed by atoms with Gasteiger partial charge in [-0.3, -0.25) is 4.79 Å². The number of anilines is 1. The molecule has 4 heteroatoms. The summed E-state index contributed by atoms with van der Waals surface area (Å²) in [6.07, 6.45) is 3.42. The van der Waals surface area contributed by atoms with Crippen LogP contribution in [0, 0.1) is 0 Å². The first-order valence-electron chi connectivity index (χ1n) is 5.95. The monoisotopic (exact) mass is 243 g/mol. The van der Waals surface area contributed by atoms with E-state index in [-0.39, 0.29) is 5.91 Å². The number of carbonyl (C=O) groups is 1. The molecule has 94 valence electrons. The van der Waals surface area contributed by atoms with Gasteiger partial charge in [-0.2, -0.15) is 0 Å². The lowest BCUT2D eigenvalue weighted by atomic mass is 10.0. The summed E-state index contributed by atoms with van der Waals surface area (Å²) in [5.41, 5.74) is 1.82. The number of nitrogens with zero attached hydrogens (tertiary/aromatic N) is 2. The van der Waals surface area contributed by atoms with E-state index in [9.17, 15) is 4.79 Å². The van der Waals surface area contributed by atoms with Crippen molar-refractivity contribution in [2.45, 2.75) is 19.8 Å². The van der Waals surface area contributed by atoms with Crippen LogP contribution in [0.1, 0.15) is 35.7 Å². The molecule has 0 fully saturated rings. The van der Waals surface area contributed by atoms with Crippen molar-refractivity contribution in [1.82, 2.24) is 9.55 Å². The highest BCUT2D eigenvalue weighted by Crippen LogP contribution is 2.16. The van der Waals surface area contributed by atoms with Gasteiger partial charge in [-0.25, -0.2) is 4.98 Å². The Labute approximate surface area is 107 Å². The first kappa shape index (κ1) is 12.4. The van der Waals surface area contributed by atoms with Gasteiger partial charge in [0.15, 0.2) is 5.82 Å². The topological polar surface area (TPSA) is 46.9 Å². The minimum atomic E-state index is -0.129. The molecule has 18 heavy (non-hydrogen) atoms. The molecule has 0 aliphatic heterocycles. The summed E-state index contributed by atoms with van der Waals surface area (Å²) in [5, 5.41) is 2.77. The second kappa shape index (κ2) is 5.04. The van der Waals surface area contributed by atoms with Gasteiger partial charge in [0.2, 0.25) is 0 Å². The summed E-state index contributed by atoms with van der Waals surface area (Å²) in [7, 11) is 1.86. The number of imidazole rings is 1. The molecule has 0 bridgehead atoms. The SMILES string of the molecule is CC(C)c1cccc(C(=O)Nc2cn(C)cn2)c1. The summed E-state index contributed by atoms with van der Waals surface area (Å²) in [6, 6.07) is 7.66. The van der Waals surface area contributed by atoms with Gasteiger partial charge in [0.25, 0.3) is 5.91 Å². The number of aromatic nitrogens is 2. The van der Waals surface area contributed by atoms with Crippen LogP contribution in [-0.4, -0.2) is 15.5 Å². The molecular weight excluding hydrogens is 226 g/mol. The minimum Gasteiger partial charge on any atom is -0.338 e. The van der Waals surface area contributed by atoms with Crippen LogP contribution in [-0.2, 0) is 7.05 Å². The summed E-state index contributed by atoms with van der Waals surface area (Å²) in [6.45, 7) is 4.21. The fourth-order valence-electron chi connectivity index (χ4n) is 1.70. The average Bonchev–Trinajstić information content (AvgIpc) is 2.75. The first-order valence-corrected chi connectivity index (χ1v) is 5.95. The molecule has 0 saturated carbocycles. The predicted molar refractivity (Wildman–Crippen MR) is 71.7 cm³/mol. The smallest absolute Gasteiger partial charge is 0.256 e. The van der Waals surface area contributed by atoms with Gasteiger partial charge in [-0.1, -0.05) is 26.0 Å². The maximum Gasteiger partial charge on any atom is 0.256 e. The molecule has 0 aliphatic carbocycles. The maximum absolute atomic E-state index is 12.0. The molecule has 2 rings (SSSR count). The second-order valence-corrected chi connectivity index (χ2v) is 4.66. The molecule has 1 aromatic carbocycles. The number of benzene rings is 1. The van der Waals surface area contributed by atoms with Crippen LogP contribution < -0.4 is 5.32 Å². The van der Waals surface area contributed by atoms with Crippen LogP contribution in [0.25, 0.3) is 0 Å². The van der Waals surface area contributed by atoms with Crippen molar-refractivity contribution in [3.63, 3.8) is 0 Å². The third-order valence-electron chi connectivity index (χ3n) is 2.76. The van der Waals surface area contributed by atoms with Crippen LogP contribution in [0.2, 0.25) is 0 Å². The number of rotatable bonds is 3. The van der Waals surface area contributed by atoms with Crippen LogP contribution in [0.4, 0.5) is 5.82 Å². The van der Waals surface area contributed by atoms with E-state index in [0.717, 1.165) is 5.56 Å². The van der Waals surface area contributed by atoms with E-state index in [1.165, 1.54) is 0 Å². The highest BCUT2D eigenvalue weighted by atomic mass is 16.1. The van der Waals surface area contributed by atoms with Crippen LogP contribution in [0.5, 0.6) is 0 Å². The Morgan fingerprint density at radius 2 is 2.17 bits per heavy atom. The number of hydrogen-bond acceptors (Lipinski definition) is 2. The van der Waals surface area contributed by atoms with Gasteiger partial charge in [0, 0.05) is 18.8 Å². The zero-order chi connectivity index (χ0) is 13.1. The zero-order valence-electron chi connectivity index (χ0n) is 10.8. The lowest BCUT2D eigenvalue weighted by Crippen LogP contribution is -2.12. The Morgan fingerprint density at radius 1 is 1.39 bits per heavy atom. The Kier molecular flexibility index (Phi) is 3.46. The lowest BCUT2D eigenvalue weighted by molar-refractivity contribution is 0.102. The van der Waals surface area contributed by atoms with Crippen molar-refractivity contribution in [3.05, 3.63) is 47.9 Å². The first-order chi connectivity index (χ1) is 8.56. The van der Waals surface area contributed by atoms with Gasteiger partial charge < -0.3 is 9.88 Å². The van der Waals surface area contributed by atoms with Crippen LogP contribution >= 0.6 is 0 Å². The van der Waals surface area contributed by atoms with Gasteiger partial charge in [-0.15, -0.1) is 0 Å². The zero-order valence-corrected chi connectivity index (χ0v) is 10.8. The van der Waals surface area contributed by atoms with E-state index >= 15 is 0 Å². The lowest BCUT2D eigenvalue weighted by Gasteiger charge is -2.07. The van der Waals surface area contributed by atoms with E-state index in [2.05, 4.69) is 24.1 Å². The fourth-order valence-corrected chi connectivity index (χ4v) is 1.70. The highest BCUT2D eigenvalue weighted by molar-refractivity contribution is 6.03. The molecule has 0 spiro atoms. The van der Waals surface area contributed by atoms with Gasteiger partial charge >= 0.3 is 0 Å². The normalized spacial score (nSPS) is 10.7. The minimum absolute atomic E-state index is 0.129. The standard InChI is InChI=1S/C14H17N3O/c1-10(2)11-5-4-6-12(7-11)14(18)16-13-8-17(3)9-15-13/h4-10H,1-3H3,(H,16,18). The molecule has 1 amide bonds. The Balaban J connectivity index is 2.16. The van der Waals surface area contributed by atoms with Crippen molar-refractivity contribution in [1.29, 1.82) is 0 Å². The van der Waals surface area contributed by atoms with E-state index in [4.69, 9.17) is 0 Å².